The molecular weight excluding hydrogens is 243 g/mol. The summed E-state index contributed by atoms with van der Waals surface area (Å²) in [5.74, 6) is 0. The van der Waals surface area contributed by atoms with E-state index in [1.807, 2.05) is 30.3 Å². The van der Waals surface area contributed by atoms with Gasteiger partial charge in [0.2, 0.25) is 0 Å². The predicted octanol–water partition coefficient (Wildman–Crippen LogP) is 2.00. The molecule has 0 amide bonds. The summed E-state index contributed by atoms with van der Waals surface area (Å²) in [6.45, 7) is 0. The van der Waals surface area contributed by atoms with E-state index in [9.17, 15) is 4.79 Å². The number of rotatable bonds is 0. The van der Waals surface area contributed by atoms with Crippen molar-refractivity contribution in [2.24, 2.45) is 0 Å². The van der Waals surface area contributed by atoms with Crippen LogP contribution in [0.15, 0.2) is 44.5 Å². The van der Waals surface area contributed by atoms with Gasteiger partial charge in [0.1, 0.15) is 0 Å². The van der Waals surface area contributed by atoms with Crippen LogP contribution in [0.4, 0.5) is 0 Å². The summed E-state index contributed by atoms with van der Waals surface area (Å²) >= 11 is 0.312. The summed E-state index contributed by atoms with van der Waals surface area (Å²) in [5.41, 5.74) is 0.510. The molecule has 68 valence electrons. The molecule has 3 aromatic rings. The van der Waals surface area contributed by atoms with E-state index in [4.69, 9.17) is 4.42 Å². The molecule has 2 aromatic heterocycles. The first-order valence-electron chi connectivity index (χ1n) is 4.25. The SMILES string of the molecule is O=c1oc2cc[se]c2c2ccccc12. The topological polar surface area (TPSA) is 30.2 Å². The average molecular weight is 249 g/mol. The molecule has 0 aliphatic carbocycles. The molecule has 3 rings (SSSR count). The molecule has 0 aliphatic heterocycles. The zero-order chi connectivity index (χ0) is 9.54. The summed E-state index contributed by atoms with van der Waals surface area (Å²) in [5, 5.41) is 1.74. The van der Waals surface area contributed by atoms with Crippen molar-refractivity contribution in [3.8, 4) is 0 Å². The summed E-state index contributed by atoms with van der Waals surface area (Å²) in [6.07, 6.45) is 0. The molecule has 1 aromatic carbocycles. The molecule has 3 heteroatoms. The number of fused-ring (bicyclic) bond motifs is 3. The Kier molecular flexibility index (Phi) is 1.63. The van der Waals surface area contributed by atoms with Crippen LogP contribution in [0.2, 0.25) is 0 Å². The molecule has 0 bridgehead atoms. The van der Waals surface area contributed by atoms with Gasteiger partial charge in [-0.3, -0.25) is 0 Å². The summed E-state index contributed by atoms with van der Waals surface area (Å²) in [7, 11) is 0. The van der Waals surface area contributed by atoms with Crippen molar-refractivity contribution in [1.82, 2.24) is 0 Å². The molecule has 0 saturated carbocycles. The van der Waals surface area contributed by atoms with Gasteiger partial charge in [-0.15, -0.1) is 0 Å². The third-order valence-electron chi connectivity index (χ3n) is 2.22. The number of hydrogen-bond acceptors (Lipinski definition) is 2. The van der Waals surface area contributed by atoms with Crippen LogP contribution in [0, 0.1) is 0 Å². The van der Waals surface area contributed by atoms with Crippen molar-refractivity contribution < 1.29 is 4.42 Å². The van der Waals surface area contributed by atoms with Crippen LogP contribution in [0.3, 0.4) is 0 Å². The van der Waals surface area contributed by atoms with E-state index in [-0.39, 0.29) is 5.63 Å². The normalized spacial score (nSPS) is 11.1. The second kappa shape index (κ2) is 2.84. The van der Waals surface area contributed by atoms with E-state index in [0.717, 1.165) is 11.0 Å². The Bertz CT molecular complexity index is 663. The summed E-state index contributed by atoms with van der Waals surface area (Å²) in [6, 6.07) is 9.51. The van der Waals surface area contributed by atoms with Gasteiger partial charge in [0.15, 0.2) is 0 Å². The van der Waals surface area contributed by atoms with E-state index in [1.165, 1.54) is 4.26 Å². The van der Waals surface area contributed by atoms with Crippen molar-refractivity contribution in [1.29, 1.82) is 0 Å². The molecule has 0 atom stereocenters. The van der Waals surface area contributed by atoms with E-state index >= 15 is 0 Å². The quantitative estimate of drug-likeness (QED) is 0.570. The molecule has 0 saturated heterocycles. The Morgan fingerprint density at radius 1 is 1.07 bits per heavy atom. The second-order valence-corrected chi connectivity index (χ2v) is 4.97. The Balaban J connectivity index is 2.74. The van der Waals surface area contributed by atoms with Crippen molar-refractivity contribution in [2.45, 2.75) is 0 Å². The van der Waals surface area contributed by atoms with Crippen LogP contribution < -0.4 is 5.63 Å². The number of benzene rings is 1. The third-order valence-corrected chi connectivity index (χ3v) is 4.17. The van der Waals surface area contributed by atoms with Gasteiger partial charge in [-0.2, -0.15) is 0 Å². The molecule has 2 heterocycles. The van der Waals surface area contributed by atoms with Gasteiger partial charge in [-0.25, -0.2) is 0 Å². The van der Waals surface area contributed by atoms with Crippen molar-refractivity contribution in [3.05, 3.63) is 45.7 Å². The summed E-state index contributed by atoms with van der Waals surface area (Å²) in [4.78, 5) is 13.6. The molecule has 0 N–H and O–H groups in total. The molecular formula is C11H6O2Se. The Hall–Kier alpha value is -1.31. The minimum absolute atomic E-state index is 0.235. The van der Waals surface area contributed by atoms with E-state index < -0.39 is 0 Å². The molecule has 2 nitrogen and oxygen atoms in total. The van der Waals surface area contributed by atoms with Crippen molar-refractivity contribution in [3.63, 3.8) is 0 Å². The van der Waals surface area contributed by atoms with E-state index in [1.54, 1.807) is 0 Å². The molecule has 14 heavy (non-hydrogen) atoms. The first-order valence-corrected chi connectivity index (χ1v) is 6.10. The van der Waals surface area contributed by atoms with Gasteiger partial charge in [-0.1, -0.05) is 0 Å². The predicted molar refractivity (Wildman–Crippen MR) is 56.9 cm³/mol. The second-order valence-electron chi connectivity index (χ2n) is 3.05. The van der Waals surface area contributed by atoms with Crippen LogP contribution >= 0.6 is 0 Å². The van der Waals surface area contributed by atoms with Crippen LogP contribution in [0.25, 0.3) is 20.6 Å². The fraction of sp³-hybridized carbons (Fsp3) is 0. The van der Waals surface area contributed by atoms with Gasteiger partial charge < -0.3 is 0 Å². The van der Waals surface area contributed by atoms with Crippen molar-refractivity contribution in [2.75, 3.05) is 0 Å². The molecule has 0 radical (unpaired) electrons. The Morgan fingerprint density at radius 3 is 2.71 bits per heavy atom. The van der Waals surface area contributed by atoms with Crippen LogP contribution in [-0.4, -0.2) is 14.5 Å². The average Bonchev–Trinajstić information content (AvgIpc) is 2.66. The van der Waals surface area contributed by atoms with Gasteiger partial charge in [-0.05, 0) is 0 Å². The maximum atomic E-state index is 11.5. The summed E-state index contributed by atoms with van der Waals surface area (Å²) < 4.78 is 6.39. The van der Waals surface area contributed by atoms with Gasteiger partial charge in [0.25, 0.3) is 0 Å². The third kappa shape index (κ3) is 0.999. The van der Waals surface area contributed by atoms with Gasteiger partial charge in [0, 0.05) is 0 Å². The molecule has 0 spiro atoms. The first kappa shape index (κ1) is 8.04. The van der Waals surface area contributed by atoms with Crippen LogP contribution in [0.5, 0.6) is 0 Å². The zero-order valence-electron chi connectivity index (χ0n) is 7.19. The first-order chi connectivity index (χ1) is 6.86. The maximum absolute atomic E-state index is 11.5. The van der Waals surface area contributed by atoms with Crippen molar-refractivity contribution >= 4 is 35.1 Å². The minimum atomic E-state index is -0.235. The fourth-order valence-corrected chi connectivity index (χ4v) is 3.39. The Labute approximate surface area is 85.5 Å². The van der Waals surface area contributed by atoms with Gasteiger partial charge in [0.05, 0.1) is 0 Å². The number of hydrogen-bond donors (Lipinski definition) is 0. The van der Waals surface area contributed by atoms with E-state index in [0.29, 0.717) is 19.9 Å². The monoisotopic (exact) mass is 250 g/mol. The van der Waals surface area contributed by atoms with Gasteiger partial charge >= 0.3 is 85.2 Å². The van der Waals surface area contributed by atoms with Crippen LogP contribution in [0.1, 0.15) is 0 Å². The molecule has 0 fully saturated rings. The molecule has 0 unspecified atom stereocenters. The van der Waals surface area contributed by atoms with Crippen LogP contribution in [-0.2, 0) is 0 Å². The fourth-order valence-electron chi connectivity index (χ4n) is 1.59. The zero-order valence-corrected chi connectivity index (χ0v) is 8.90. The molecule has 0 aliphatic rings. The Morgan fingerprint density at radius 2 is 1.86 bits per heavy atom. The van der Waals surface area contributed by atoms with E-state index in [2.05, 4.69) is 4.94 Å². The standard InChI is InChI=1S/C11H6O2Se/c12-11-8-4-2-1-3-7(8)10-9(13-11)5-6-14-10/h1-6H.